The van der Waals surface area contributed by atoms with Gasteiger partial charge in [-0.15, -0.1) is 0 Å². The van der Waals surface area contributed by atoms with Gasteiger partial charge in [0, 0.05) is 19.3 Å². The fourth-order valence-electron chi connectivity index (χ4n) is 0.643. The van der Waals surface area contributed by atoms with Gasteiger partial charge in [-0.1, -0.05) is 12.2 Å². The van der Waals surface area contributed by atoms with E-state index in [4.69, 9.17) is 5.73 Å². The highest BCUT2D eigenvalue weighted by Gasteiger charge is 1.89. The Kier molecular flexibility index (Phi) is 1.70. The van der Waals surface area contributed by atoms with Crippen molar-refractivity contribution in [2.45, 2.75) is 0 Å². The summed E-state index contributed by atoms with van der Waals surface area (Å²) < 4.78 is 0. The fraction of sp³-hybridized carbons (Fsp3) is 0.333. The first-order valence-electron chi connectivity index (χ1n) is 2.72. The molecular weight excluding hydrogens is 100 g/mol. The third-order valence-corrected chi connectivity index (χ3v) is 1.09. The van der Waals surface area contributed by atoms with E-state index in [-0.39, 0.29) is 0 Å². The van der Waals surface area contributed by atoms with Gasteiger partial charge in [-0.3, -0.25) is 0 Å². The van der Waals surface area contributed by atoms with Gasteiger partial charge < -0.3 is 11.1 Å². The fourth-order valence-corrected chi connectivity index (χ4v) is 0.643. The highest BCUT2D eigenvalue weighted by molar-refractivity contribution is 5.22. The Morgan fingerprint density at radius 1 is 1.75 bits per heavy atom. The number of nitrogens with one attached hydrogen (secondary N) is 1. The normalized spacial score (nSPS) is 17.4. The van der Waals surface area contributed by atoms with Gasteiger partial charge in [-0.25, -0.2) is 0 Å². The zero-order valence-electron chi connectivity index (χ0n) is 4.72. The van der Waals surface area contributed by atoms with Crippen LogP contribution in [-0.2, 0) is 0 Å². The quantitative estimate of drug-likeness (QED) is 0.498. The molecule has 0 saturated carbocycles. The summed E-state index contributed by atoms with van der Waals surface area (Å²) in [5, 5.41) is 3.06. The monoisotopic (exact) mass is 110 g/mol. The summed E-state index contributed by atoms with van der Waals surface area (Å²) in [6.07, 6.45) is 6.04. The molecule has 0 unspecified atom stereocenters. The van der Waals surface area contributed by atoms with Crippen LogP contribution >= 0.6 is 0 Å². The van der Waals surface area contributed by atoms with E-state index < -0.39 is 0 Å². The second-order valence-corrected chi connectivity index (χ2v) is 1.73. The Morgan fingerprint density at radius 2 is 2.62 bits per heavy atom. The van der Waals surface area contributed by atoms with Crippen LogP contribution in [0.15, 0.2) is 23.9 Å². The number of dihydropyridines is 1. The van der Waals surface area contributed by atoms with Crippen molar-refractivity contribution >= 4 is 0 Å². The molecule has 44 valence electrons. The van der Waals surface area contributed by atoms with Crippen molar-refractivity contribution in [1.82, 2.24) is 5.32 Å². The predicted molar refractivity (Wildman–Crippen MR) is 34.3 cm³/mol. The van der Waals surface area contributed by atoms with Crippen molar-refractivity contribution < 1.29 is 0 Å². The Bertz CT molecular complexity index is 124. The Labute approximate surface area is 49.1 Å². The third kappa shape index (κ3) is 1.10. The molecule has 0 aromatic rings. The SMILES string of the molecule is NCC1=CNCC=C1. The summed E-state index contributed by atoms with van der Waals surface area (Å²) in [6.45, 7) is 1.56. The summed E-state index contributed by atoms with van der Waals surface area (Å²) in [7, 11) is 0. The van der Waals surface area contributed by atoms with Crippen molar-refractivity contribution in [3.8, 4) is 0 Å². The lowest BCUT2D eigenvalue weighted by Crippen LogP contribution is -2.13. The molecule has 0 aliphatic carbocycles. The zero-order valence-corrected chi connectivity index (χ0v) is 4.72. The average molecular weight is 110 g/mol. The molecule has 2 heteroatoms. The maximum absolute atomic E-state index is 5.34. The maximum atomic E-state index is 5.34. The first-order chi connectivity index (χ1) is 3.93. The Morgan fingerprint density at radius 3 is 3.00 bits per heavy atom. The van der Waals surface area contributed by atoms with Crippen LogP contribution in [0, 0.1) is 0 Å². The summed E-state index contributed by atoms with van der Waals surface area (Å²) in [4.78, 5) is 0. The Balaban J connectivity index is 2.51. The van der Waals surface area contributed by atoms with Gasteiger partial charge in [-0.05, 0) is 5.57 Å². The molecule has 3 N–H and O–H groups in total. The van der Waals surface area contributed by atoms with E-state index in [0.29, 0.717) is 6.54 Å². The molecule has 0 atom stereocenters. The van der Waals surface area contributed by atoms with Crippen LogP contribution in [-0.4, -0.2) is 13.1 Å². The number of hydrogen-bond donors (Lipinski definition) is 2. The van der Waals surface area contributed by atoms with E-state index in [1.54, 1.807) is 0 Å². The minimum atomic E-state index is 0.628. The number of rotatable bonds is 1. The molecule has 2 nitrogen and oxygen atoms in total. The molecule has 0 saturated heterocycles. The summed E-state index contributed by atoms with van der Waals surface area (Å²) in [5.41, 5.74) is 6.51. The molecule has 0 aromatic heterocycles. The molecule has 0 aromatic carbocycles. The summed E-state index contributed by atoms with van der Waals surface area (Å²) in [6, 6.07) is 0. The molecule has 0 fully saturated rings. The smallest absolute Gasteiger partial charge is 0.0328 e. The molecule has 1 aliphatic rings. The number of hydrogen-bond acceptors (Lipinski definition) is 2. The summed E-state index contributed by atoms with van der Waals surface area (Å²) in [5.74, 6) is 0. The lowest BCUT2D eigenvalue weighted by molar-refractivity contribution is 0.940. The molecule has 0 spiro atoms. The van der Waals surface area contributed by atoms with Crippen molar-refractivity contribution in [2.75, 3.05) is 13.1 Å². The predicted octanol–water partition coefficient (Wildman–Crippen LogP) is -0.0116. The van der Waals surface area contributed by atoms with Gasteiger partial charge in [0.25, 0.3) is 0 Å². The molecule has 0 amide bonds. The van der Waals surface area contributed by atoms with Gasteiger partial charge >= 0.3 is 0 Å². The van der Waals surface area contributed by atoms with Crippen LogP contribution < -0.4 is 11.1 Å². The minimum Gasteiger partial charge on any atom is -0.387 e. The van der Waals surface area contributed by atoms with Crippen molar-refractivity contribution in [2.24, 2.45) is 5.73 Å². The lowest BCUT2D eigenvalue weighted by atomic mass is 10.2. The summed E-state index contributed by atoms with van der Waals surface area (Å²) >= 11 is 0. The van der Waals surface area contributed by atoms with Gasteiger partial charge in [0.05, 0.1) is 0 Å². The van der Waals surface area contributed by atoms with E-state index in [1.165, 1.54) is 0 Å². The second kappa shape index (κ2) is 2.52. The van der Waals surface area contributed by atoms with Crippen LogP contribution in [0.25, 0.3) is 0 Å². The molecule has 1 heterocycles. The third-order valence-electron chi connectivity index (χ3n) is 1.09. The van der Waals surface area contributed by atoms with E-state index >= 15 is 0 Å². The first kappa shape index (κ1) is 5.38. The average Bonchev–Trinajstić information content (AvgIpc) is 1.90. The second-order valence-electron chi connectivity index (χ2n) is 1.73. The van der Waals surface area contributed by atoms with Crippen molar-refractivity contribution in [3.05, 3.63) is 23.9 Å². The molecule has 0 bridgehead atoms. The highest BCUT2D eigenvalue weighted by atomic mass is 14.8. The van der Waals surface area contributed by atoms with Crippen LogP contribution in [0.5, 0.6) is 0 Å². The lowest BCUT2D eigenvalue weighted by Gasteiger charge is -2.04. The van der Waals surface area contributed by atoms with E-state index in [9.17, 15) is 0 Å². The van der Waals surface area contributed by atoms with E-state index in [1.807, 2.05) is 12.3 Å². The highest BCUT2D eigenvalue weighted by Crippen LogP contribution is 1.94. The molecule has 1 aliphatic heterocycles. The molecular formula is C6H10N2. The van der Waals surface area contributed by atoms with Crippen LogP contribution in [0.3, 0.4) is 0 Å². The van der Waals surface area contributed by atoms with Gasteiger partial charge in [-0.2, -0.15) is 0 Å². The van der Waals surface area contributed by atoms with Crippen molar-refractivity contribution in [1.29, 1.82) is 0 Å². The number of nitrogens with two attached hydrogens (primary N) is 1. The van der Waals surface area contributed by atoms with Gasteiger partial charge in [0.15, 0.2) is 0 Å². The van der Waals surface area contributed by atoms with Crippen molar-refractivity contribution in [3.63, 3.8) is 0 Å². The molecule has 1 rings (SSSR count). The van der Waals surface area contributed by atoms with Crippen LogP contribution in [0.4, 0.5) is 0 Å². The largest absolute Gasteiger partial charge is 0.387 e. The Hall–Kier alpha value is -0.760. The van der Waals surface area contributed by atoms with Crippen LogP contribution in [0.1, 0.15) is 0 Å². The van der Waals surface area contributed by atoms with Crippen LogP contribution in [0.2, 0.25) is 0 Å². The first-order valence-corrected chi connectivity index (χ1v) is 2.72. The molecule has 8 heavy (non-hydrogen) atoms. The van der Waals surface area contributed by atoms with E-state index in [0.717, 1.165) is 12.1 Å². The topological polar surface area (TPSA) is 38.0 Å². The van der Waals surface area contributed by atoms with E-state index in [2.05, 4.69) is 11.4 Å². The zero-order chi connectivity index (χ0) is 5.82. The van der Waals surface area contributed by atoms with Gasteiger partial charge in [0.1, 0.15) is 0 Å². The maximum Gasteiger partial charge on any atom is 0.0328 e. The standard InChI is InChI=1S/C6H10N2/c7-4-6-2-1-3-8-5-6/h1-2,5,8H,3-4,7H2. The molecule has 0 radical (unpaired) electrons. The minimum absolute atomic E-state index is 0.628. The van der Waals surface area contributed by atoms with Gasteiger partial charge in [0.2, 0.25) is 0 Å².